The van der Waals surface area contributed by atoms with Crippen molar-refractivity contribution in [2.75, 3.05) is 26.5 Å². The van der Waals surface area contributed by atoms with E-state index in [0.717, 1.165) is 6.26 Å². The van der Waals surface area contributed by atoms with Crippen LogP contribution < -0.4 is 16.4 Å². The number of nitrogens with zero attached hydrogens (tertiary/aromatic N) is 1. The number of fused-ring (bicyclic) bond motifs is 1. The van der Waals surface area contributed by atoms with Gasteiger partial charge in [-0.3, -0.25) is 14.8 Å². The number of hydrogen-bond donors (Lipinski definition) is 3. The fourth-order valence-corrected chi connectivity index (χ4v) is 4.74. The van der Waals surface area contributed by atoms with E-state index < -0.39 is 37.7 Å². The Morgan fingerprint density at radius 2 is 1.89 bits per heavy atom. The van der Waals surface area contributed by atoms with Gasteiger partial charge in [-0.1, -0.05) is 18.2 Å². The summed E-state index contributed by atoms with van der Waals surface area (Å²) in [6.07, 6.45) is 2.04. The van der Waals surface area contributed by atoms with Crippen molar-refractivity contribution in [1.82, 2.24) is 15.4 Å². The zero-order chi connectivity index (χ0) is 27.4. The number of pyridine rings is 1. The van der Waals surface area contributed by atoms with Crippen LogP contribution in [-0.2, 0) is 32.5 Å². The minimum atomic E-state index is -3.92. The van der Waals surface area contributed by atoms with Crippen LogP contribution >= 0.6 is 0 Å². The number of benzene rings is 2. The number of sulfone groups is 1. The van der Waals surface area contributed by atoms with Crippen LogP contribution in [0.2, 0.25) is 0 Å². The number of halogens is 2. The summed E-state index contributed by atoms with van der Waals surface area (Å²) >= 11 is 0. The number of carbonyl (C=O) groups excluding carboxylic acids is 1. The van der Waals surface area contributed by atoms with Gasteiger partial charge in [0.2, 0.25) is 0 Å². The number of rotatable bonds is 11. The lowest BCUT2D eigenvalue weighted by Crippen LogP contribution is -2.49. The number of hydroxylamine groups is 1. The summed E-state index contributed by atoms with van der Waals surface area (Å²) in [4.78, 5) is 25.0. The van der Waals surface area contributed by atoms with Gasteiger partial charge < -0.3 is 14.6 Å². The highest BCUT2D eigenvalue weighted by atomic mass is 32.2. The van der Waals surface area contributed by atoms with Gasteiger partial charge in [0, 0.05) is 55.7 Å². The normalized spacial score (nSPS) is 13.5. The Morgan fingerprint density at radius 1 is 1.16 bits per heavy atom. The monoisotopic (exact) mass is 537 g/mol. The van der Waals surface area contributed by atoms with Crippen LogP contribution in [0.4, 0.5) is 8.78 Å². The van der Waals surface area contributed by atoms with Crippen LogP contribution in [0.1, 0.15) is 18.9 Å². The standard InChI is InChI=1S/C25H29F2N3O6S/c1-25(24(32)29-33,37(3,34)35)9-12-30-11-8-17-14-16(4-7-20(17)23(30)31)19-6-5-18(21(26)22(19)27)15-28-10-13-36-2/h4-8,11,14,28,33H,9-10,12-13,15H2,1-3H3,(H,29,32)/t25-/m1/s1. The van der Waals surface area contributed by atoms with Crippen molar-refractivity contribution in [2.24, 2.45) is 0 Å². The summed E-state index contributed by atoms with van der Waals surface area (Å²) in [5.74, 6) is -3.06. The van der Waals surface area contributed by atoms with Gasteiger partial charge in [0.15, 0.2) is 26.2 Å². The molecule has 37 heavy (non-hydrogen) atoms. The molecule has 200 valence electrons. The molecule has 2 aromatic carbocycles. The molecule has 0 saturated carbocycles. The van der Waals surface area contributed by atoms with Gasteiger partial charge in [0.05, 0.1) is 6.61 Å². The summed E-state index contributed by atoms with van der Waals surface area (Å²) < 4.78 is 58.1. The maximum atomic E-state index is 14.9. The molecule has 1 heterocycles. The lowest BCUT2D eigenvalue weighted by Gasteiger charge is -2.25. The fourth-order valence-electron chi connectivity index (χ4n) is 3.90. The third kappa shape index (κ3) is 5.87. The van der Waals surface area contributed by atoms with Crippen LogP contribution in [0, 0.1) is 11.6 Å². The second kappa shape index (κ2) is 11.5. The second-order valence-corrected chi connectivity index (χ2v) is 11.3. The van der Waals surface area contributed by atoms with Crippen LogP contribution in [0.25, 0.3) is 21.9 Å². The number of ether oxygens (including phenoxy) is 1. The number of hydrogen-bond acceptors (Lipinski definition) is 7. The van der Waals surface area contributed by atoms with E-state index in [4.69, 9.17) is 9.94 Å². The van der Waals surface area contributed by atoms with E-state index in [1.807, 2.05) is 0 Å². The van der Waals surface area contributed by atoms with Gasteiger partial charge >= 0.3 is 0 Å². The van der Waals surface area contributed by atoms with E-state index in [1.54, 1.807) is 19.2 Å². The molecule has 3 N–H and O–H groups in total. The van der Waals surface area contributed by atoms with Crippen LogP contribution in [0.5, 0.6) is 0 Å². The Bertz CT molecular complexity index is 1480. The number of aromatic nitrogens is 1. The predicted molar refractivity (Wildman–Crippen MR) is 135 cm³/mol. The van der Waals surface area contributed by atoms with E-state index in [0.29, 0.717) is 24.1 Å². The summed E-state index contributed by atoms with van der Waals surface area (Å²) in [5.41, 5.74) is 1.52. The van der Waals surface area contributed by atoms with E-state index in [9.17, 15) is 26.8 Å². The Hall–Kier alpha value is -3.19. The maximum Gasteiger partial charge on any atom is 0.264 e. The van der Waals surface area contributed by atoms with Crippen LogP contribution in [0.3, 0.4) is 0 Å². The molecule has 3 aromatic rings. The quantitative estimate of drug-likeness (QED) is 0.195. The maximum absolute atomic E-state index is 14.9. The molecular weight excluding hydrogens is 508 g/mol. The SMILES string of the molecule is COCCNCc1ccc(-c2ccc3c(=O)n(CC[C@](C)(C(=O)NO)S(C)(=O)=O)ccc3c2)c(F)c1F. The minimum Gasteiger partial charge on any atom is -0.383 e. The van der Waals surface area contributed by atoms with Crippen molar-refractivity contribution < 1.29 is 31.9 Å². The number of carbonyl (C=O) groups is 1. The van der Waals surface area contributed by atoms with E-state index >= 15 is 0 Å². The second-order valence-electron chi connectivity index (χ2n) is 8.88. The van der Waals surface area contributed by atoms with Gasteiger partial charge in [0.25, 0.3) is 11.5 Å². The highest BCUT2D eigenvalue weighted by Gasteiger charge is 2.43. The topological polar surface area (TPSA) is 127 Å². The average molecular weight is 538 g/mol. The molecule has 0 aliphatic rings. The first-order valence-electron chi connectivity index (χ1n) is 11.4. The van der Waals surface area contributed by atoms with Crippen molar-refractivity contribution >= 4 is 26.5 Å². The fraction of sp³-hybridized carbons (Fsp3) is 0.360. The smallest absolute Gasteiger partial charge is 0.264 e. The minimum absolute atomic E-state index is 0.0446. The Kier molecular flexibility index (Phi) is 8.80. The first kappa shape index (κ1) is 28.4. The molecule has 12 heteroatoms. The highest BCUT2D eigenvalue weighted by molar-refractivity contribution is 7.92. The number of nitrogens with one attached hydrogen (secondary N) is 2. The summed E-state index contributed by atoms with van der Waals surface area (Å²) in [7, 11) is -2.37. The first-order chi connectivity index (χ1) is 17.4. The average Bonchev–Trinajstić information content (AvgIpc) is 2.87. The Balaban J connectivity index is 1.89. The summed E-state index contributed by atoms with van der Waals surface area (Å²) in [6, 6.07) is 9.12. The van der Waals surface area contributed by atoms with E-state index in [-0.39, 0.29) is 36.0 Å². The Labute approximate surface area is 212 Å². The predicted octanol–water partition coefficient (Wildman–Crippen LogP) is 2.38. The van der Waals surface area contributed by atoms with Crippen molar-refractivity contribution in [3.05, 3.63) is 70.1 Å². The molecule has 0 aliphatic heterocycles. The van der Waals surface area contributed by atoms with Crippen molar-refractivity contribution in [3.8, 4) is 11.1 Å². The molecule has 3 rings (SSSR count). The molecule has 0 radical (unpaired) electrons. The zero-order valence-electron chi connectivity index (χ0n) is 20.7. The number of methoxy groups -OCH3 is 1. The molecule has 0 unspecified atom stereocenters. The summed E-state index contributed by atoms with van der Waals surface area (Å²) in [5, 5.41) is 12.7. The summed E-state index contributed by atoms with van der Waals surface area (Å²) in [6.45, 7) is 2.12. The number of amides is 1. The third-order valence-electron chi connectivity index (χ3n) is 6.48. The lowest BCUT2D eigenvalue weighted by atomic mass is 9.99. The molecule has 1 atom stereocenters. The van der Waals surface area contributed by atoms with Gasteiger partial charge in [-0.2, -0.15) is 0 Å². The molecule has 1 aromatic heterocycles. The van der Waals surface area contributed by atoms with Crippen molar-refractivity contribution in [1.29, 1.82) is 0 Å². The van der Waals surface area contributed by atoms with E-state index in [2.05, 4.69) is 5.32 Å². The van der Waals surface area contributed by atoms with Gasteiger partial charge in [-0.25, -0.2) is 22.7 Å². The van der Waals surface area contributed by atoms with Gasteiger partial charge in [-0.05, 0) is 42.5 Å². The van der Waals surface area contributed by atoms with Crippen molar-refractivity contribution in [3.63, 3.8) is 0 Å². The molecule has 0 saturated heterocycles. The Morgan fingerprint density at radius 3 is 2.54 bits per heavy atom. The molecule has 0 aliphatic carbocycles. The molecular formula is C25H29F2N3O6S. The third-order valence-corrected chi connectivity index (χ3v) is 8.50. The largest absolute Gasteiger partial charge is 0.383 e. The van der Waals surface area contributed by atoms with Crippen LogP contribution in [0.15, 0.2) is 47.4 Å². The highest BCUT2D eigenvalue weighted by Crippen LogP contribution is 2.29. The number of aryl methyl sites for hydroxylation is 1. The molecule has 0 spiro atoms. The molecule has 1 amide bonds. The van der Waals surface area contributed by atoms with Gasteiger partial charge in [-0.15, -0.1) is 0 Å². The van der Waals surface area contributed by atoms with Crippen LogP contribution in [-0.4, -0.2) is 55.4 Å². The zero-order valence-corrected chi connectivity index (χ0v) is 21.5. The lowest BCUT2D eigenvalue weighted by molar-refractivity contribution is -0.131. The first-order valence-corrected chi connectivity index (χ1v) is 13.3. The molecule has 0 fully saturated rings. The van der Waals surface area contributed by atoms with Crippen molar-refractivity contribution in [2.45, 2.75) is 31.2 Å². The molecule has 0 bridgehead atoms. The van der Waals surface area contributed by atoms with Gasteiger partial charge in [0.1, 0.15) is 0 Å². The molecule has 9 nitrogen and oxygen atoms in total. The van der Waals surface area contributed by atoms with E-state index in [1.165, 1.54) is 47.4 Å².